The molecular weight excluding hydrogens is 300 g/mol. The SMILES string of the molecule is Cc1coc(C(=O)O)c1-c1ccccc1.O=C(O)c1cn[nH]c1. The maximum absolute atomic E-state index is 10.9. The van der Waals surface area contributed by atoms with Crippen molar-refractivity contribution in [2.24, 2.45) is 0 Å². The third-order valence-corrected chi connectivity index (χ3v) is 2.98. The van der Waals surface area contributed by atoms with Crippen LogP contribution in [0.5, 0.6) is 0 Å². The zero-order chi connectivity index (χ0) is 16.8. The Labute approximate surface area is 131 Å². The zero-order valence-corrected chi connectivity index (χ0v) is 12.2. The summed E-state index contributed by atoms with van der Waals surface area (Å²) in [5.41, 5.74) is 2.54. The fourth-order valence-electron chi connectivity index (χ4n) is 1.93. The number of aromatic carboxylic acids is 2. The van der Waals surface area contributed by atoms with Crippen LogP contribution in [0.1, 0.15) is 26.5 Å². The molecule has 0 fully saturated rings. The monoisotopic (exact) mass is 314 g/mol. The van der Waals surface area contributed by atoms with Crippen LogP contribution >= 0.6 is 0 Å². The molecule has 3 N–H and O–H groups in total. The highest BCUT2D eigenvalue weighted by molar-refractivity contribution is 5.94. The van der Waals surface area contributed by atoms with Gasteiger partial charge in [0, 0.05) is 11.8 Å². The van der Waals surface area contributed by atoms with E-state index in [0.717, 1.165) is 11.1 Å². The van der Waals surface area contributed by atoms with Crippen LogP contribution in [0.4, 0.5) is 0 Å². The molecule has 0 saturated heterocycles. The molecule has 0 saturated carbocycles. The van der Waals surface area contributed by atoms with E-state index in [9.17, 15) is 9.59 Å². The third-order valence-electron chi connectivity index (χ3n) is 2.98. The van der Waals surface area contributed by atoms with Gasteiger partial charge in [0.15, 0.2) is 0 Å². The molecular formula is C16H14N2O5. The molecule has 0 bridgehead atoms. The van der Waals surface area contributed by atoms with E-state index in [1.165, 1.54) is 18.7 Å². The largest absolute Gasteiger partial charge is 0.478 e. The van der Waals surface area contributed by atoms with E-state index in [2.05, 4.69) is 10.2 Å². The molecule has 0 aliphatic heterocycles. The lowest BCUT2D eigenvalue weighted by Gasteiger charge is -2.00. The van der Waals surface area contributed by atoms with Gasteiger partial charge in [-0.1, -0.05) is 30.3 Å². The normalized spacial score (nSPS) is 9.78. The van der Waals surface area contributed by atoms with Crippen LogP contribution in [-0.4, -0.2) is 32.3 Å². The Hall–Kier alpha value is -3.35. The van der Waals surface area contributed by atoms with E-state index >= 15 is 0 Å². The number of hydrogen-bond acceptors (Lipinski definition) is 4. The molecule has 0 unspecified atom stereocenters. The van der Waals surface area contributed by atoms with E-state index in [1.807, 2.05) is 37.3 Å². The van der Waals surface area contributed by atoms with E-state index in [0.29, 0.717) is 5.56 Å². The standard InChI is InChI=1S/C12H10O3.C4H4N2O2/c1-8-7-15-11(12(13)14)10(8)9-5-3-2-4-6-9;7-4(8)3-1-5-6-2-3/h2-7H,1H3,(H,13,14);1-2H,(H,5,6)(H,7,8). The summed E-state index contributed by atoms with van der Waals surface area (Å²) < 4.78 is 5.01. The fourth-order valence-corrected chi connectivity index (χ4v) is 1.93. The number of carboxylic acid groups (broad SMARTS) is 2. The van der Waals surface area contributed by atoms with E-state index in [-0.39, 0.29) is 11.3 Å². The van der Waals surface area contributed by atoms with Gasteiger partial charge in [0.05, 0.1) is 18.0 Å². The number of furan rings is 1. The molecule has 0 spiro atoms. The van der Waals surface area contributed by atoms with Crippen molar-refractivity contribution in [2.45, 2.75) is 6.92 Å². The molecule has 0 amide bonds. The number of H-pyrrole nitrogens is 1. The second-order valence-corrected chi connectivity index (χ2v) is 4.59. The fraction of sp³-hybridized carbons (Fsp3) is 0.0625. The molecule has 0 atom stereocenters. The zero-order valence-electron chi connectivity index (χ0n) is 12.2. The van der Waals surface area contributed by atoms with Gasteiger partial charge in [-0.3, -0.25) is 5.10 Å². The lowest BCUT2D eigenvalue weighted by molar-refractivity contribution is 0.0660. The average Bonchev–Trinajstić information content (AvgIpc) is 3.18. The average molecular weight is 314 g/mol. The van der Waals surface area contributed by atoms with Crippen LogP contribution < -0.4 is 0 Å². The number of nitrogens with zero attached hydrogens (tertiary/aromatic N) is 1. The second-order valence-electron chi connectivity index (χ2n) is 4.59. The summed E-state index contributed by atoms with van der Waals surface area (Å²) in [4.78, 5) is 20.9. The van der Waals surface area contributed by atoms with Crippen LogP contribution in [0, 0.1) is 6.92 Å². The number of hydrogen-bond donors (Lipinski definition) is 3. The van der Waals surface area contributed by atoms with Crippen molar-refractivity contribution in [3.63, 3.8) is 0 Å². The van der Waals surface area contributed by atoms with Crippen LogP contribution in [0.15, 0.2) is 53.4 Å². The summed E-state index contributed by atoms with van der Waals surface area (Å²) in [6.45, 7) is 1.83. The first kappa shape index (κ1) is 16.0. The van der Waals surface area contributed by atoms with Gasteiger partial charge in [-0.05, 0) is 18.1 Å². The molecule has 0 aliphatic rings. The van der Waals surface area contributed by atoms with Crippen molar-refractivity contribution in [3.05, 3.63) is 65.9 Å². The smallest absolute Gasteiger partial charge is 0.372 e. The van der Waals surface area contributed by atoms with Gasteiger partial charge in [0.2, 0.25) is 5.76 Å². The molecule has 2 heterocycles. The van der Waals surface area contributed by atoms with Gasteiger partial charge in [0.25, 0.3) is 0 Å². The molecule has 0 radical (unpaired) electrons. The number of rotatable bonds is 3. The Morgan fingerprint density at radius 2 is 1.83 bits per heavy atom. The number of aryl methyl sites for hydroxylation is 1. The van der Waals surface area contributed by atoms with E-state index in [4.69, 9.17) is 14.6 Å². The number of nitrogens with one attached hydrogen (secondary N) is 1. The van der Waals surface area contributed by atoms with E-state index < -0.39 is 11.9 Å². The minimum absolute atomic E-state index is 0.00120. The number of benzene rings is 1. The number of carbonyl (C=O) groups is 2. The molecule has 7 heteroatoms. The van der Waals surface area contributed by atoms with Gasteiger partial charge in [0.1, 0.15) is 0 Å². The number of aromatic amines is 1. The molecule has 3 rings (SSSR count). The predicted octanol–water partition coefficient (Wildman–Crippen LogP) is 3.06. The Balaban J connectivity index is 0.000000203. The van der Waals surface area contributed by atoms with Gasteiger partial charge in [-0.25, -0.2) is 9.59 Å². The van der Waals surface area contributed by atoms with Crippen LogP contribution in [0.25, 0.3) is 11.1 Å². The van der Waals surface area contributed by atoms with Gasteiger partial charge in [-0.2, -0.15) is 5.10 Å². The maximum atomic E-state index is 10.9. The lowest BCUT2D eigenvalue weighted by Crippen LogP contribution is -1.96. The van der Waals surface area contributed by atoms with Crippen molar-refractivity contribution in [1.29, 1.82) is 0 Å². The highest BCUT2D eigenvalue weighted by Crippen LogP contribution is 2.28. The summed E-state index contributed by atoms with van der Waals surface area (Å²) in [7, 11) is 0. The first-order valence-corrected chi connectivity index (χ1v) is 6.59. The topological polar surface area (TPSA) is 116 Å². The summed E-state index contributed by atoms with van der Waals surface area (Å²) in [5, 5.41) is 23.0. The first-order valence-electron chi connectivity index (χ1n) is 6.59. The third kappa shape index (κ3) is 3.85. The van der Waals surface area contributed by atoms with Gasteiger partial charge in [-0.15, -0.1) is 0 Å². The highest BCUT2D eigenvalue weighted by Gasteiger charge is 2.18. The Morgan fingerprint density at radius 1 is 1.13 bits per heavy atom. The molecule has 0 aliphatic carbocycles. The van der Waals surface area contributed by atoms with Crippen molar-refractivity contribution < 1.29 is 24.2 Å². The Kier molecular flexibility index (Phi) is 4.93. The molecule has 118 valence electrons. The molecule has 23 heavy (non-hydrogen) atoms. The molecule has 3 aromatic rings. The molecule has 7 nitrogen and oxygen atoms in total. The number of carboxylic acids is 2. The summed E-state index contributed by atoms with van der Waals surface area (Å²) >= 11 is 0. The van der Waals surface area contributed by atoms with Crippen LogP contribution in [0.3, 0.4) is 0 Å². The van der Waals surface area contributed by atoms with Crippen molar-refractivity contribution in [3.8, 4) is 11.1 Å². The summed E-state index contributed by atoms with van der Waals surface area (Å²) in [6.07, 6.45) is 4.04. The first-order chi connectivity index (χ1) is 11.0. The lowest BCUT2D eigenvalue weighted by atomic mass is 10.0. The van der Waals surface area contributed by atoms with Gasteiger partial charge >= 0.3 is 11.9 Å². The van der Waals surface area contributed by atoms with Gasteiger partial charge < -0.3 is 14.6 Å². The minimum Gasteiger partial charge on any atom is -0.478 e. The van der Waals surface area contributed by atoms with E-state index in [1.54, 1.807) is 0 Å². The predicted molar refractivity (Wildman–Crippen MR) is 81.4 cm³/mol. The summed E-state index contributed by atoms with van der Waals surface area (Å²) in [5.74, 6) is -2.00. The minimum atomic E-state index is -1.04. The van der Waals surface area contributed by atoms with Crippen molar-refractivity contribution in [2.75, 3.05) is 0 Å². The Bertz CT molecular complexity index is 791. The Morgan fingerprint density at radius 3 is 2.30 bits per heavy atom. The van der Waals surface area contributed by atoms with Crippen molar-refractivity contribution >= 4 is 11.9 Å². The maximum Gasteiger partial charge on any atom is 0.372 e. The quantitative estimate of drug-likeness (QED) is 0.684. The van der Waals surface area contributed by atoms with Crippen LogP contribution in [0.2, 0.25) is 0 Å². The second kappa shape index (κ2) is 7.08. The number of aromatic nitrogens is 2. The molecule has 2 aromatic heterocycles. The van der Waals surface area contributed by atoms with Crippen molar-refractivity contribution in [1.82, 2.24) is 10.2 Å². The summed E-state index contributed by atoms with van der Waals surface area (Å²) in [6, 6.07) is 9.36. The highest BCUT2D eigenvalue weighted by atomic mass is 16.4. The van der Waals surface area contributed by atoms with Crippen LogP contribution in [-0.2, 0) is 0 Å². The molecule has 1 aromatic carbocycles.